The van der Waals surface area contributed by atoms with E-state index in [2.05, 4.69) is 0 Å². The van der Waals surface area contributed by atoms with Crippen LogP contribution >= 0.6 is 0 Å². The van der Waals surface area contributed by atoms with E-state index in [-0.39, 0.29) is 24.6 Å². The van der Waals surface area contributed by atoms with Crippen LogP contribution in [0.3, 0.4) is 0 Å². The second-order valence-electron chi connectivity index (χ2n) is 5.67. The molecule has 0 nitrogen and oxygen atoms in total. The fourth-order valence-electron chi connectivity index (χ4n) is 2.23. The molecule has 0 fully saturated rings. The Morgan fingerprint density at radius 2 is 0.931 bits per heavy atom. The quantitative estimate of drug-likeness (QED) is 0.397. The Hall–Kier alpha value is -1.76. The van der Waals surface area contributed by atoms with Crippen LogP contribution in [0.5, 0.6) is 0 Å². The van der Waals surface area contributed by atoms with Crippen LogP contribution in [-0.2, 0) is 11.8 Å². The third-order valence-corrected chi connectivity index (χ3v) is 3.69. The van der Waals surface area contributed by atoms with Gasteiger partial charge in [-0.3, -0.25) is 0 Å². The minimum Gasteiger partial charge on any atom is -0.194 e. The zero-order valence-electron chi connectivity index (χ0n) is 13.8. The first kappa shape index (κ1) is 25.3. The van der Waals surface area contributed by atoms with Crippen molar-refractivity contribution >= 4 is 0 Å². The van der Waals surface area contributed by atoms with Crippen LogP contribution in [0, 0.1) is 6.42 Å². The van der Waals surface area contributed by atoms with Crippen molar-refractivity contribution in [3.63, 3.8) is 0 Å². The smallest absolute Gasteiger partial charge is 0.194 e. The summed E-state index contributed by atoms with van der Waals surface area (Å²) in [5.74, 6) is -26.2. The monoisotopic (exact) mass is 455 g/mol. The van der Waals surface area contributed by atoms with Crippen molar-refractivity contribution in [3.8, 4) is 0 Å². The summed E-state index contributed by atoms with van der Waals surface area (Å²) in [5, 5.41) is 0. The molecule has 0 N–H and O–H groups in total. The van der Waals surface area contributed by atoms with Crippen molar-refractivity contribution in [3.05, 3.63) is 41.3 Å². The van der Waals surface area contributed by atoms with Crippen LogP contribution in [0.15, 0.2) is 18.2 Å². The zero-order chi connectivity index (χ0) is 23.3. The summed E-state index contributed by atoms with van der Waals surface area (Å²) in [6.45, 7) is 0.959. The molecule has 0 aliphatic rings. The Kier molecular flexibility index (Phi) is 6.26. The lowest BCUT2D eigenvalue weighted by Gasteiger charge is -2.33. The van der Waals surface area contributed by atoms with E-state index in [0.29, 0.717) is 0 Å². The van der Waals surface area contributed by atoms with Gasteiger partial charge >= 0.3 is 36.0 Å². The van der Waals surface area contributed by atoms with Gasteiger partial charge in [0.15, 0.2) is 0 Å². The lowest BCUT2D eigenvalue weighted by molar-refractivity contribution is -0.361. The zero-order valence-corrected chi connectivity index (χ0v) is 13.8. The van der Waals surface area contributed by atoms with Gasteiger partial charge in [-0.1, -0.05) is 25.1 Å². The summed E-state index contributed by atoms with van der Waals surface area (Å²) >= 11 is 0. The van der Waals surface area contributed by atoms with Crippen molar-refractivity contribution in [1.29, 1.82) is 0 Å². The van der Waals surface area contributed by atoms with Gasteiger partial charge in [0.2, 0.25) is 0 Å². The summed E-state index contributed by atoms with van der Waals surface area (Å²) in [4.78, 5) is 0. The van der Waals surface area contributed by atoms with Crippen molar-refractivity contribution in [2.75, 3.05) is 0 Å². The van der Waals surface area contributed by atoms with Gasteiger partial charge in [0, 0.05) is 11.1 Å². The van der Waals surface area contributed by atoms with Gasteiger partial charge in [-0.25, -0.2) is 0 Å². The van der Waals surface area contributed by atoms with Crippen LogP contribution in [0.25, 0.3) is 0 Å². The molecular weight excluding hydrogens is 446 g/mol. The lowest BCUT2D eigenvalue weighted by Crippen LogP contribution is -2.52. The van der Waals surface area contributed by atoms with E-state index in [1.54, 1.807) is 0 Å². The first-order chi connectivity index (χ1) is 12.7. The highest BCUT2D eigenvalue weighted by Crippen LogP contribution is 2.56. The van der Waals surface area contributed by atoms with E-state index < -0.39 is 59.2 Å². The number of halogens is 14. The minimum absolute atomic E-state index is 0.0571. The summed E-state index contributed by atoms with van der Waals surface area (Å²) in [7, 11) is 0. The largest absolute Gasteiger partial charge is 0.460 e. The van der Waals surface area contributed by atoms with Gasteiger partial charge in [0.05, 0.1) is 0 Å². The van der Waals surface area contributed by atoms with E-state index in [4.69, 9.17) is 0 Å². The highest BCUT2D eigenvalue weighted by molar-refractivity contribution is 5.46. The molecule has 1 aromatic carbocycles. The molecule has 1 rings (SSSR count). The topological polar surface area (TPSA) is 0 Å². The lowest BCUT2D eigenvalue weighted by atomic mass is 9.86. The van der Waals surface area contributed by atoms with E-state index in [1.165, 1.54) is 0 Å². The molecule has 1 aromatic rings. The molecule has 0 saturated carbocycles. The molecule has 0 aromatic heterocycles. The first-order valence-electron chi connectivity index (χ1n) is 7.29. The Morgan fingerprint density at radius 1 is 0.621 bits per heavy atom. The average Bonchev–Trinajstić information content (AvgIpc) is 2.52. The summed E-state index contributed by atoms with van der Waals surface area (Å²) in [6.07, 6.45) is -14.3. The van der Waals surface area contributed by atoms with Gasteiger partial charge in [-0.05, 0) is 18.4 Å². The number of hydrogen-bond donors (Lipinski definition) is 0. The summed E-state index contributed by atoms with van der Waals surface area (Å²) in [6, 6.07) is -0.461. The summed E-state index contributed by atoms with van der Waals surface area (Å²) in [5.41, 5.74) is -6.97. The van der Waals surface area contributed by atoms with Crippen molar-refractivity contribution < 1.29 is 61.5 Å². The van der Waals surface area contributed by atoms with Gasteiger partial charge in [0.1, 0.15) is 0 Å². The van der Waals surface area contributed by atoms with E-state index in [0.717, 1.165) is 6.92 Å². The molecule has 29 heavy (non-hydrogen) atoms. The number of benzene rings is 1. The Bertz CT molecular complexity index is 669. The van der Waals surface area contributed by atoms with Gasteiger partial charge in [0.25, 0.3) is 0 Å². The second-order valence-corrected chi connectivity index (χ2v) is 5.67. The Balaban J connectivity index is 3.87. The molecule has 0 unspecified atom stereocenters. The third kappa shape index (κ3) is 3.86. The molecular formula is C15H9F14. The molecule has 0 saturated heterocycles. The molecule has 0 heterocycles. The number of hydrogen-bond acceptors (Lipinski definition) is 0. The highest BCUT2D eigenvalue weighted by atomic mass is 19.4. The molecule has 0 aliphatic carbocycles. The fraction of sp³-hybridized carbons (Fsp3) is 0.533. The van der Waals surface area contributed by atoms with Crippen LogP contribution < -0.4 is 0 Å². The van der Waals surface area contributed by atoms with Gasteiger partial charge in [-0.2, -0.15) is 61.5 Å². The molecule has 167 valence electrons. The number of rotatable bonds is 6. The van der Waals surface area contributed by atoms with Gasteiger partial charge < -0.3 is 0 Å². The van der Waals surface area contributed by atoms with E-state index in [9.17, 15) is 61.5 Å². The second kappa shape index (κ2) is 7.18. The maximum atomic E-state index is 14.0. The van der Waals surface area contributed by atoms with Gasteiger partial charge in [-0.15, -0.1) is 0 Å². The fourth-order valence-corrected chi connectivity index (χ4v) is 2.23. The SMILES string of the molecule is CC[CH]c1c(C(F)(F)C(F)(F)C(F)(F)F)cccc1C(F)(F)C(F)(F)C(F)(F)F. The standard InChI is InChI=1S/C15H9F14/c1-2-4-7-8(10(16,17)12(20,21)14(24,25)26)5-3-6-9(7)11(18,19)13(22,23)15(27,28)29/h3-6H,2H2,1H3. The van der Waals surface area contributed by atoms with E-state index in [1.807, 2.05) is 0 Å². The minimum atomic E-state index is -6.89. The predicted molar refractivity (Wildman–Crippen MR) is 69.9 cm³/mol. The molecule has 0 spiro atoms. The van der Waals surface area contributed by atoms with E-state index >= 15 is 0 Å². The molecule has 0 amide bonds. The third-order valence-electron chi connectivity index (χ3n) is 3.69. The predicted octanol–water partition coefficient (Wildman–Crippen LogP) is 7.23. The Labute approximate surface area is 153 Å². The average molecular weight is 455 g/mol. The van der Waals surface area contributed by atoms with Crippen LogP contribution in [0.2, 0.25) is 0 Å². The van der Waals surface area contributed by atoms with Crippen LogP contribution in [0.4, 0.5) is 61.5 Å². The maximum absolute atomic E-state index is 14.0. The molecule has 0 aliphatic heterocycles. The maximum Gasteiger partial charge on any atom is 0.460 e. The Morgan fingerprint density at radius 3 is 1.17 bits per heavy atom. The first-order valence-corrected chi connectivity index (χ1v) is 7.29. The van der Waals surface area contributed by atoms with Crippen molar-refractivity contribution in [2.45, 2.75) is 49.4 Å². The normalized spacial score (nSPS) is 15.0. The van der Waals surface area contributed by atoms with Crippen LogP contribution in [-0.4, -0.2) is 24.2 Å². The van der Waals surface area contributed by atoms with Crippen molar-refractivity contribution in [1.82, 2.24) is 0 Å². The molecule has 0 bridgehead atoms. The van der Waals surface area contributed by atoms with Crippen molar-refractivity contribution in [2.24, 2.45) is 0 Å². The summed E-state index contributed by atoms with van der Waals surface area (Å²) < 4.78 is 183. The molecule has 14 heteroatoms. The molecule has 0 atom stereocenters. The van der Waals surface area contributed by atoms with Crippen LogP contribution in [0.1, 0.15) is 30.0 Å². The molecule has 1 radical (unpaired) electrons. The highest BCUT2D eigenvalue weighted by Gasteiger charge is 2.76. The number of alkyl halides is 14.